The predicted octanol–water partition coefficient (Wildman–Crippen LogP) is 6.72. The normalized spacial score (nSPS) is 14.2. The number of benzene rings is 3. The molecular formula is C30H34O5S. The molecule has 0 radical (unpaired) electrons. The van der Waals surface area contributed by atoms with Crippen LogP contribution in [0.3, 0.4) is 0 Å². The number of carbonyl (C=O) groups is 1. The van der Waals surface area contributed by atoms with E-state index < -0.39 is 0 Å². The fourth-order valence-corrected chi connectivity index (χ4v) is 5.10. The van der Waals surface area contributed by atoms with Gasteiger partial charge in [0.25, 0.3) is 0 Å². The van der Waals surface area contributed by atoms with Gasteiger partial charge in [0.2, 0.25) is 0 Å². The lowest BCUT2D eigenvalue weighted by Gasteiger charge is -2.15. The number of esters is 1. The Bertz CT molecular complexity index is 1180. The molecule has 0 saturated carbocycles. The van der Waals surface area contributed by atoms with E-state index in [1.807, 2.05) is 30.0 Å². The summed E-state index contributed by atoms with van der Waals surface area (Å²) in [5.74, 6) is 4.36. The molecule has 1 heterocycles. The summed E-state index contributed by atoms with van der Waals surface area (Å²) in [4.78, 5) is 11.6. The fraction of sp³-hybridized carbons (Fsp3) is 0.367. The number of hydrogen-bond acceptors (Lipinski definition) is 6. The maximum Gasteiger partial charge on any atom is 0.306 e. The summed E-state index contributed by atoms with van der Waals surface area (Å²) in [5.41, 5.74) is 6.91. The van der Waals surface area contributed by atoms with Gasteiger partial charge >= 0.3 is 5.97 Å². The highest BCUT2D eigenvalue weighted by molar-refractivity contribution is 7.99. The highest BCUT2D eigenvalue weighted by atomic mass is 32.2. The highest BCUT2D eigenvalue weighted by Crippen LogP contribution is 2.38. The van der Waals surface area contributed by atoms with Crippen LogP contribution in [-0.2, 0) is 16.1 Å². The Morgan fingerprint density at radius 1 is 1.03 bits per heavy atom. The maximum absolute atomic E-state index is 11.6. The zero-order valence-electron chi connectivity index (χ0n) is 21.5. The standard InChI is InChI=1S/C30H34O5S/c1-5-36-12-11-33-26-13-20(2)30(21(3)14-26)23-8-6-7-22(15-23)18-34-25-9-10-27-24(16-29(31)32-4)19-35-28(27)17-25/h6-10,13-15,17,24H,5,11-12,16,18-19H2,1-4H3/t24-/m1/s1. The minimum Gasteiger partial charge on any atom is -0.493 e. The summed E-state index contributed by atoms with van der Waals surface area (Å²) < 4.78 is 22.7. The number of methoxy groups -OCH3 is 1. The molecule has 0 spiro atoms. The zero-order valence-corrected chi connectivity index (χ0v) is 22.3. The summed E-state index contributed by atoms with van der Waals surface area (Å²) in [5, 5.41) is 0. The van der Waals surface area contributed by atoms with Crippen LogP contribution in [0.15, 0.2) is 54.6 Å². The van der Waals surface area contributed by atoms with E-state index in [9.17, 15) is 4.79 Å². The number of carbonyl (C=O) groups excluding carboxylic acids is 1. The van der Waals surface area contributed by atoms with Crippen LogP contribution in [0.4, 0.5) is 0 Å². The first-order chi connectivity index (χ1) is 17.5. The number of rotatable bonds is 11. The fourth-order valence-electron chi connectivity index (χ4n) is 4.61. The smallest absolute Gasteiger partial charge is 0.306 e. The minimum absolute atomic E-state index is 0.0247. The largest absolute Gasteiger partial charge is 0.493 e. The van der Waals surface area contributed by atoms with Crippen LogP contribution in [0.1, 0.15) is 41.5 Å². The molecular weight excluding hydrogens is 472 g/mol. The first-order valence-corrected chi connectivity index (χ1v) is 13.5. The van der Waals surface area contributed by atoms with Gasteiger partial charge in [-0.3, -0.25) is 4.79 Å². The monoisotopic (exact) mass is 506 g/mol. The van der Waals surface area contributed by atoms with Crippen molar-refractivity contribution < 1.29 is 23.7 Å². The van der Waals surface area contributed by atoms with E-state index >= 15 is 0 Å². The van der Waals surface area contributed by atoms with E-state index in [-0.39, 0.29) is 11.9 Å². The molecule has 0 unspecified atom stereocenters. The Kier molecular flexibility index (Phi) is 8.81. The Morgan fingerprint density at radius 2 is 1.83 bits per heavy atom. The molecule has 0 bridgehead atoms. The molecule has 0 aromatic heterocycles. The summed E-state index contributed by atoms with van der Waals surface area (Å²) >= 11 is 1.89. The Labute approximate surface area is 218 Å². The van der Waals surface area contributed by atoms with E-state index in [4.69, 9.17) is 18.9 Å². The van der Waals surface area contributed by atoms with Crippen molar-refractivity contribution in [3.63, 3.8) is 0 Å². The summed E-state index contributed by atoms with van der Waals surface area (Å²) in [6, 6.07) is 18.6. The van der Waals surface area contributed by atoms with Gasteiger partial charge in [-0.15, -0.1) is 0 Å². The van der Waals surface area contributed by atoms with Crippen molar-refractivity contribution >= 4 is 17.7 Å². The number of ether oxygens (including phenoxy) is 4. The first-order valence-electron chi connectivity index (χ1n) is 12.4. The number of hydrogen-bond donors (Lipinski definition) is 0. The molecule has 4 rings (SSSR count). The van der Waals surface area contributed by atoms with Gasteiger partial charge in [0.05, 0.1) is 26.7 Å². The van der Waals surface area contributed by atoms with Crippen molar-refractivity contribution in [1.29, 1.82) is 0 Å². The minimum atomic E-state index is -0.227. The van der Waals surface area contributed by atoms with E-state index in [0.29, 0.717) is 19.6 Å². The molecule has 0 fully saturated rings. The molecule has 5 nitrogen and oxygen atoms in total. The van der Waals surface area contributed by atoms with E-state index in [2.05, 4.69) is 57.2 Å². The molecule has 1 aliphatic rings. The zero-order chi connectivity index (χ0) is 25.5. The SMILES string of the molecule is CCSCCOc1cc(C)c(-c2cccc(COc3ccc4c(c3)OC[C@H]4CC(=O)OC)c2)c(C)c1. The van der Waals surface area contributed by atoms with Crippen LogP contribution in [0.5, 0.6) is 17.2 Å². The van der Waals surface area contributed by atoms with Crippen molar-refractivity contribution in [3.05, 3.63) is 76.9 Å². The Morgan fingerprint density at radius 3 is 2.58 bits per heavy atom. The topological polar surface area (TPSA) is 54.0 Å². The van der Waals surface area contributed by atoms with Gasteiger partial charge in [0, 0.05) is 23.3 Å². The molecule has 190 valence electrons. The number of fused-ring (bicyclic) bond motifs is 1. The quantitative estimate of drug-likeness (QED) is 0.213. The molecule has 6 heteroatoms. The van der Waals surface area contributed by atoms with Crippen molar-refractivity contribution in [2.75, 3.05) is 31.8 Å². The van der Waals surface area contributed by atoms with Gasteiger partial charge in [-0.1, -0.05) is 31.2 Å². The van der Waals surface area contributed by atoms with Crippen LogP contribution in [0, 0.1) is 13.8 Å². The van der Waals surface area contributed by atoms with Crippen molar-refractivity contribution in [2.45, 2.75) is 39.7 Å². The lowest BCUT2D eigenvalue weighted by atomic mass is 9.94. The van der Waals surface area contributed by atoms with E-state index in [1.54, 1.807) is 0 Å². The van der Waals surface area contributed by atoms with Crippen molar-refractivity contribution in [3.8, 4) is 28.4 Å². The third kappa shape index (κ3) is 6.35. The van der Waals surface area contributed by atoms with Gasteiger partial charge in [-0.05, 0) is 71.7 Å². The van der Waals surface area contributed by atoms with Crippen LogP contribution < -0.4 is 14.2 Å². The van der Waals surface area contributed by atoms with Crippen LogP contribution >= 0.6 is 11.8 Å². The van der Waals surface area contributed by atoms with Crippen LogP contribution in [0.2, 0.25) is 0 Å². The van der Waals surface area contributed by atoms with E-state index in [1.165, 1.54) is 29.4 Å². The van der Waals surface area contributed by atoms with Gasteiger partial charge < -0.3 is 18.9 Å². The second-order valence-electron chi connectivity index (χ2n) is 8.95. The van der Waals surface area contributed by atoms with Crippen molar-refractivity contribution in [2.24, 2.45) is 0 Å². The van der Waals surface area contributed by atoms with Gasteiger partial charge in [-0.25, -0.2) is 0 Å². The second kappa shape index (κ2) is 12.2. The summed E-state index contributed by atoms with van der Waals surface area (Å²) in [6.45, 7) is 8.09. The average Bonchev–Trinajstić information content (AvgIpc) is 3.27. The number of aryl methyl sites for hydroxylation is 2. The molecule has 0 amide bonds. The lowest BCUT2D eigenvalue weighted by Crippen LogP contribution is -2.09. The third-order valence-electron chi connectivity index (χ3n) is 6.33. The summed E-state index contributed by atoms with van der Waals surface area (Å²) in [6.07, 6.45) is 0.320. The second-order valence-corrected chi connectivity index (χ2v) is 10.3. The molecule has 0 N–H and O–H groups in total. The molecule has 3 aromatic rings. The third-order valence-corrected chi connectivity index (χ3v) is 7.20. The number of thioether (sulfide) groups is 1. The Hall–Kier alpha value is -3.12. The molecule has 3 aromatic carbocycles. The Balaban J connectivity index is 1.42. The summed E-state index contributed by atoms with van der Waals surface area (Å²) in [7, 11) is 1.41. The van der Waals surface area contributed by atoms with Gasteiger partial charge in [0.15, 0.2) is 0 Å². The average molecular weight is 507 g/mol. The van der Waals surface area contributed by atoms with E-state index in [0.717, 1.165) is 46.5 Å². The van der Waals surface area contributed by atoms with Crippen LogP contribution in [-0.4, -0.2) is 37.8 Å². The predicted molar refractivity (Wildman–Crippen MR) is 145 cm³/mol. The van der Waals surface area contributed by atoms with Gasteiger partial charge in [0.1, 0.15) is 23.9 Å². The van der Waals surface area contributed by atoms with Crippen LogP contribution in [0.25, 0.3) is 11.1 Å². The molecule has 1 atom stereocenters. The van der Waals surface area contributed by atoms with Crippen molar-refractivity contribution in [1.82, 2.24) is 0 Å². The highest BCUT2D eigenvalue weighted by Gasteiger charge is 2.27. The molecule has 0 saturated heterocycles. The maximum atomic E-state index is 11.6. The molecule has 1 aliphatic heterocycles. The molecule has 0 aliphatic carbocycles. The first kappa shape index (κ1) is 26.0. The van der Waals surface area contributed by atoms with Gasteiger partial charge in [-0.2, -0.15) is 11.8 Å². The lowest BCUT2D eigenvalue weighted by molar-refractivity contribution is -0.141. The molecule has 36 heavy (non-hydrogen) atoms.